The van der Waals surface area contributed by atoms with Crippen LogP contribution in [-0.4, -0.2) is 25.2 Å². The molecule has 122 valence electrons. The lowest BCUT2D eigenvalue weighted by atomic mass is 10.2. The summed E-state index contributed by atoms with van der Waals surface area (Å²) < 4.78 is 4.09. The number of rotatable bonds is 3. The maximum atomic E-state index is 12.1. The van der Waals surface area contributed by atoms with Crippen LogP contribution >= 0.6 is 0 Å². The molecular weight excluding hydrogens is 300 g/mol. The van der Waals surface area contributed by atoms with Gasteiger partial charge in [0.25, 0.3) is 0 Å². The van der Waals surface area contributed by atoms with E-state index in [1.165, 1.54) is 5.56 Å². The van der Waals surface area contributed by atoms with Crippen molar-refractivity contribution < 1.29 is 4.79 Å². The fraction of sp³-hybridized carbons (Fsp3) is 0.263. The Morgan fingerprint density at radius 1 is 1.12 bits per heavy atom. The fourth-order valence-electron chi connectivity index (χ4n) is 3.31. The minimum Gasteiger partial charge on any atom is -0.332 e. The van der Waals surface area contributed by atoms with Crippen molar-refractivity contribution in [3.05, 3.63) is 65.6 Å². The number of carbonyl (C=O) groups excluding carboxylic acids is 1. The van der Waals surface area contributed by atoms with Crippen molar-refractivity contribution in [3.63, 3.8) is 0 Å². The summed E-state index contributed by atoms with van der Waals surface area (Å²) in [4.78, 5) is 14.0. The highest BCUT2D eigenvalue weighted by Gasteiger charge is 2.30. The first kappa shape index (κ1) is 14.8. The van der Waals surface area contributed by atoms with E-state index in [0.29, 0.717) is 19.5 Å². The molecule has 0 fully saturated rings. The number of nitrogens with zero attached hydrogens (tertiary/aromatic N) is 4. The molecule has 0 radical (unpaired) electrons. The number of para-hydroxylation sites is 1. The van der Waals surface area contributed by atoms with Crippen LogP contribution in [0.5, 0.6) is 0 Å². The molecule has 4 rings (SSSR count). The lowest BCUT2D eigenvalue weighted by Crippen LogP contribution is -2.25. The molecule has 0 saturated carbocycles. The van der Waals surface area contributed by atoms with Gasteiger partial charge in [0.1, 0.15) is 5.82 Å². The van der Waals surface area contributed by atoms with Gasteiger partial charge >= 0.3 is 0 Å². The molecule has 0 bridgehead atoms. The third-order valence-electron chi connectivity index (χ3n) is 4.58. The third-order valence-corrected chi connectivity index (χ3v) is 4.58. The van der Waals surface area contributed by atoms with Gasteiger partial charge in [-0.3, -0.25) is 4.79 Å². The zero-order valence-corrected chi connectivity index (χ0v) is 13.9. The molecule has 3 aromatic rings. The van der Waals surface area contributed by atoms with Crippen LogP contribution in [0.15, 0.2) is 48.8 Å². The molecule has 5 nitrogen and oxygen atoms in total. The predicted octanol–water partition coefficient (Wildman–Crippen LogP) is 3.22. The standard InChI is InChI=1S/C19H20N4O/c1-3-18(24)22-12-15-16(13-22)20-23(17-9-5-4-8-14(17)2)19(15)21-10-6-7-11-21/h4-11H,3,12-13H2,1-2H3. The summed E-state index contributed by atoms with van der Waals surface area (Å²) in [6, 6.07) is 12.2. The number of hydrogen-bond donors (Lipinski definition) is 0. The predicted molar refractivity (Wildman–Crippen MR) is 92.2 cm³/mol. The first-order chi connectivity index (χ1) is 11.7. The number of aromatic nitrogens is 3. The molecule has 5 heteroatoms. The van der Waals surface area contributed by atoms with Crippen molar-refractivity contribution >= 4 is 5.91 Å². The Labute approximate surface area is 141 Å². The molecule has 0 atom stereocenters. The van der Waals surface area contributed by atoms with Crippen LogP contribution in [0.4, 0.5) is 0 Å². The molecule has 0 N–H and O–H groups in total. The Hall–Kier alpha value is -2.82. The molecule has 1 amide bonds. The van der Waals surface area contributed by atoms with Crippen LogP contribution in [0.3, 0.4) is 0 Å². The van der Waals surface area contributed by atoms with Crippen LogP contribution < -0.4 is 0 Å². The third kappa shape index (κ3) is 2.24. The van der Waals surface area contributed by atoms with Crippen molar-refractivity contribution in [3.8, 4) is 11.5 Å². The lowest BCUT2D eigenvalue weighted by Gasteiger charge is -2.17. The maximum Gasteiger partial charge on any atom is 0.222 e. The molecule has 0 saturated heterocycles. The largest absolute Gasteiger partial charge is 0.332 e. The van der Waals surface area contributed by atoms with E-state index >= 15 is 0 Å². The molecule has 0 unspecified atom stereocenters. The molecule has 0 aliphatic carbocycles. The van der Waals surface area contributed by atoms with Gasteiger partial charge in [-0.2, -0.15) is 5.10 Å². The van der Waals surface area contributed by atoms with Gasteiger partial charge in [0.15, 0.2) is 0 Å². The Kier molecular flexibility index (Phi) is 3.49. The number of fused-ring (bicyclic) bond motifs is 1. The molecule has 1 aliphatic rings. The Morgan fingerprint density at radius 3 is 2.58 bits per heavy atom. The van der Waals surface area contributed by atoms with Crippen molar-refractivity contribution in [1.29, 1.82) is 0 Å². The zero-order valence-electron chi connectivity index (χ0n) is 13.9. The number of amides is 1. The normalized spacial score (nSPS) is 13.3. The second kappa shape index (κ2) is 5.67. The first-order valence-corrected chi connectivity index (χ1v) is 8.27. The smallest absolute Gasteiger partial charge is 0.222 e. The van der Waals surface area contributed by atoms with Gasteiger partial charge in [-0.25, -0.2) is 4.68 Å². The van der Waals surface area contributed by atoms with Crippen molar-refractivity contribution in [1.82, 2.24) is 19.2 Å². The molecule has 0 spiro atoms. The second-order valence-electron chi connectivity index (χ2n) is 6.14. The Bertz CT molecular complexity index is 892. The van der Waals surface area contributed by atoms with E-state index in [1.54, 1.807) is 0 Å². The fourth-order valence-corrected chi connectivity index (χ4v) is 3.31. The molecule has 1 aromatic carbocycles. The van der Waals surface area contributed by atoms with Crippen LogP contribution in [0.2, 0.25) is 0 Å². The van der Waals surface area contributed by atoms with E-state index in [9.17, 15) is 4.79 Å². The van der Waals surface area contributed by atoms with Crippen LogP contribution in [0, 0.1) is 6.92 Å². The molecule has 3 heterocycles. The monoisotopic (exact) mass is 320 g/mol. The summed E-state index contributed by atoms with van der Waals surface area (Å²) in [7, 11) is 0. The topological polar surface area (TPSA) is 43.1 Å². The zero-order chi connectivity index (χ0) is 16.7. The quantitative estimate of drug-likeness (QED) is 0.743. The summed E-state index contributed by atoms with van der Waals surface area (Å²) in [6.07, 6.45) is 4.58. The van der Waals surface area contributed by atoms with Crippen molar-refractivity contribution in [2.45, 2.75) is 33.4 Å². The summed E-state index contributed by atoms with van der Waals surface area (Å²) in [5, 5.41) is 4.85. The summed E-state index contributed by atoms with van der Waals surface area (Å²) in [6.45, 7) is 5.21. The van der Waals surface area contributed by atoms with E-state index in [0.717, 1.165) is 22.8 Å². The highest BCUT2D eigenvalue weighted by molar-refractivity contribution is 5.76. The molecule has 1 aliphatic heterocycles. The molecule has 24 heavy (non-hydrogen) atoms. The van der Waals surface area contributed by atoms with E-state index in [-0.39, 0.29) is 5.91 Å². The van der Waals surface area contributed by atoms with Crippen LogP contribution in [0.1, 0.15) is 30.2 Å². The summed E-state index contributed by atoms with van der Waals surface area (Å²) in [5.74, 6) is 1.20. The highest BCUT2D eigenvalue weighted by Crippen LogP contribution is 2.31. The maximum absolute atomic E-state index is 12.1. The van der Waals surface area contributed by atoms with E-state index in [4.69, 9.17) is 5.10 Å². The average molecular weight is 320 g/mol. The molecule has 2 aromatic heterocycles. The number of hydrogen-bond acceptors (Lipinski definition) is 2. The lowest BCUT2D eigenvalue weighted by molar-refractivity contribution is -0.131. The van der Waals surface area contributed by atoms with E-state index < -0.39 is 0 Å². The average Bonchev–Trinajstić information content (AvgIpc) is 3.29. The van der Waals surface area contributed by atoms with Gasteiger partial charge in [-0.1, -0.05) is 25.1 Å². The van der Waals surface area contributed by atoms with Gasteiger partial charge in [-0.15, -0.1) is 0 Å². The number of carbonyl (C=O) groups is 1. The second-order valence-corrected chi connectivity index (χ2v) is 6.14. The van der Waals surface area contributed by atoms with Crippen molar-refractivity contribution in [2.24, 2.45) is 0 Å². The minimum absolute atomic E-state index is 0.175. The van der Waals surface area contributed by atoms with Crippen LogP contribution in [0.25, 0.3) is 11.5 Å². The summed E-state index contributed by atoms with van der Waals surface area (Å²) >= 11 is 0. The summed E-state index contributed by atoms with van der Waals surface area (Å²) in [5.41, 5.74) is 4.37. The van der Waals surface area contributed by atoms with Gasteiger partial charge < -0.3 is 9.47 Å². The van der Waals surface area contributed by atoms with Crippen LogP contribution in [-0.2, 0) is 17.9 Å². The SMILES string of the molecule is CCC(=O)N1Cc2nn(-c3ccccc3C)c(-n3cccc3)c2C1. The van der Waals surface area contributed by atoms with Crippen molar-refractivity contribution in [2.75, 3.05) is 0 Å². The minimum atomic E-state index is 0.175. The van der Waals surface area contributed by atoms with E-state index in [2.05, 4.69) is 23.6 Å². The number of aryl methyl sites for hydroxylation is 1. The first-order valence-electron chi connectivity index (χ1n) is 8.27. The van der Waals surface area contributed by atoms with Gasteiger partial charge in [-0.05, 0) is 30.7 Å². The van der Waals surface area contributed by atoms with Gasteiger partial charge in [0.2, 0.25) is 5.91 Å². The Morgan fingerprint density at radius 2 is 1.88 bits per heavy atom. The highest BCUT2D eigenvalue weighted by atomic mass is 16.2. The Balaban J connectivity index is 1.87. The molecular formula is C19H20N4O. The van der Waals surface area contributed by atoms with Gasteiger partial charge in [0.05, 0.1) is 24.5 Å². The van der Waals surface area contributed by atoms with E-state index in [1.807, 2.05) is 53.2 Å². The van der Waals surface area contributed by atoms with Gasteiger partial charge in [0, 0.05) is 24.4 Å². The number of benzene rings is 1.